The molecule has 0 aliphatic rings. The lowest BCUT2D eigenvalue weighted by Crippen LogP contribution is -2.15. The third-order valence-corrected chi connectivity index (χ3v) is 1.74. The monoisotopic (exact) mass is 257 g/mol. The van der Waals surface area contributed by atoms with E-state index in [1.807, 2.05) is 0 Å². The molecule has 0 aromatic carbocycles. The maximum atomic E-state index is 12.4. The molecule has 0 fully saturated rings. The highest BCUT2D eigenvalue weighted by Crippen LogP contribution is 2.41. The molecular weight excluding hydrogens is 253 g/mol. The second-order valence-electron chi connectivity index (χ2n) is 2.89. The first-order chi connectivity index (χ1) is 7.64. The fraction of sp³-hybridized carbons (Fsp3) is 0.286. The van der Waals surface area contributed by atoms with E-state index >= 15 is 0 Å². The third-order valence-electron chi connectivity index (χ3n) is 1.74. The zero-order chi connectivity index (χ0) is 13.4. The molecule has 0 saturated heterocycles. The molecule has 0 saturated carbocycles. The summed E-state index contributed by atoms with van der Waals surface area (Å²) < 4.78 is 62.1. The molecule has 0 atom stereocenters. The molecule has 0 radical (unpaired) electrons. The molecule has 94 valence electrons. The number of halogens is 5. The third kappa shape index (κ3) is 2.57. The zero-order valence-electron chi connectivity index (χ0n) is 7.83. The van der Waals surface area contributed by atoms with Crippen molar-refractivity contribution in [1.29, 1.82) is 0 Å². The van der Waals surface area contributed by atoms with Crippen LogP contribution in [0, 0.1) is 10.1 Å². The van der Waals surface area contributed by atoms with Crippen molar-refractivity contribution in [2.45, 2.75) is 12.6 Å². The summed E-state index contributed by atoms with van der Waals surface area (Å²) in [6.07, 6.45) is -8.86. The van der Waals surface area contributed by atoms with Crippen LogP contribution in [0.4, 0.5) is 33.6 Å². The number of nitrogen functional groups attached to an aromatic ring is 1. The van der Waals surface area contributed by atoms with Gasteiger partial charge in [0.2, 0.25) is 5.82 Å². The Bertz CT molecular complexity index is 460. The van der Waals surface area contributed by atoms with Crippen molar-refractivity contribution >= 4 is 11.6 Å². The predicted molar refractivity (Wildman–Crippen MR) is 45.3 cm³/mol. The van der Waals surface area contributed by atoms with Crippen molar-refractivity contribution in [2.24, 2.45) is 0 Å². The van der Waals surface area contributed by atoms with Crippen molar-refractivity contribution in [2.75, 3.05) is 5.73 Å². The Balaban J connectivity index is 3.66. The number of aromatic nitrogens is 1. The van der Waals surface area contributed by atoms with Gasteiger partial charge in [-0.25, -0.2) is 8.78 Å². The predicted octanol–water partition coefficient (Wildman–Crippen LogP) is 2.53. The van der Waals surface area contributed by atoms with Gasteiger partial charge in [0.15, 0.2) is 5.56 Å². The van der Waals surface area contributed by atoms with E-state index in [2.05, 4.69) is 4.98 Å². The molecule has 0 aliphatic carbocycles. The van der Waals surface area contributed by atoms with Crippen LogP contribution >= 0.6 is 0 Å². The van der Waals surface area contributed by atoms with Crippen molar-refractivity contribution in [3.63, 3.8) is 0 Å². The molecule has 17 heavy (non-hydrogen) atoms. The van der Waals surface area contributed by atoms with Crippen LogP contribution in [0.2, 0.25) is 0 Å². The molecular formula is C7H4F5N3O2. The van der Waals surface area contributed by atoms with Crippen LogP contribution in [0.5, 0.6) is 0 Å². The Kier molecular flexibility index (Phi) is 3.16. The van der Waals surface area contributed by atoms with Gasteiger partial charge in [-0.05, 0) is 9.91 Å². The highest BCUT2D eigenvalue weighted by Gasteiger charge is 2.44. The number of nitrogens with two attached hydrogens (primary N) is 1. The summed E-state index contributed by atoms with van der Waals surface area (Å²) in [5.74, 6) is -2.51. The van der Waals surface area contributed by atoms with Gasteiger partial charge in [-0.3, -0.25) is 0 Å². The maximum Gasteiger partial charge on any atom is 0.425 e. The minimum absolute atomic E-state index is 0.264. The lowest BCUT2D eigenvalue weighted by Gasteiger charge is -2.11. The topological polar surface area (TPSA) is 82.0 Å². The van der Waals surface area contributed by atoms with Gasteiger partial charge in [0.1, 0.15) is 0 Å². The Labute approximate surface area is 90.2 Å². The summed E-state index contributed by atoms with van der Waals surface area (Å²) in [6.45, 7) is 0. The van der Waals surface area contributed by atoms with Gasteiger partial charge in [0.05, 0.1) is 0 Å². The fourth-order valence-corrected chi connectivity index (χ4v) is 1.17. The number of hydrogen-bond acceptors (Lipinski definition) is 4. The van der Waals surface area contributed by atoms with E-state index in [0.29, 0.717) is 0 Å². The summed E-state index contributed by atoms with van der Waals surface area (Å²) in [5, 5.41) is 10.3. The minimum atomic E-state index is -5.31. The average molecular weight is 257 g/mol. The van der Waals surface area contributed by atoms with Gasteiger partial charge in [0, 0.05) is 11.6 Å². The molecule has 5 nitrogen and oxygen atoms in total. The molecule has 1 heterocycles. The van der Waals surface area contributed by atoms with Crippen LogP contribution in [-0.2, 0) is 6.18 Å². The fourth-order valence-electron chi connectivity index (χ4n) is 1.17. The molecule has 0 amide bonds. The summed E-state index contributed by atoms with van der Waals surface area (Å²) in [4.78, 5) is 11.6. The van der Waals surface area contributed by atoms with E-state index in [-0.39, 0.29) is 6.07 Å². The number of nitro groups is 1. The SMILES string of the molecule is Nc1cc(C(F)F)c(C(F)(F)F)c([N+](=O)[O-])n1. The highest BCUT2D eigenvalue weighted by molar-refractivity contribution is 5.49. The quantitative estimate of drug-likeness (QED) is 0.501. The van der Waals surface area contributed by atoms with Crippen LogP contribution in [0.25, 0.3) is 0 Å². The Hall–Kier alpha value is -2.00. The largest absolute Gasteiger partial charge is 0.425 e. The molecule has 1 rings (SSSR count). The van der Waals surface area contributed by atoms with Crippen molar-refractivity contribution in [3.05, 3.63) is 27.3 Å². The lowest BCUT2D eigenvalue weighted by molar-refractivity contribution is -0.392. The van der Waals surface area contributed by atoms with E-state index in [1.165, 1.54) is 0 Å². The second-order valence-corrected chi connectivity index (χ2v) is 2.89. The molecule has 0 unspecified atom stereocenters. The Morgan fingerprint density at radius 2 is 1.94 bits per heavy atom. The van der Waals surface area contributed by atoms with E-state index in [4.69, 9.17) is 5.73 Å². The van der Waals surface area contributed by atoms with E-state index in [9.17, 15) is 32.1 Å². The molecule has 0 aliphatic heterocycles. The molecule has 1 aromatic rings. The highest BCUT2D eigenvalue weighted by atomic mass is 19.4. The number of rotatable bonds is 2. The van der Waals surface area contributed by atoms with Gasteiger partial charge in [-0.1, -0.05) is 0 Å². The Morgan fingerprint density at radius 1 is 1.41 bits per heavy atom. The van der Waals surface area contributed by atoms with Gasteiger partial charge < -0.3 is 15.8 Å². The average Bonchev–Trinajstić information content (AvgIpc) is 2.14. The summed E-state index contributed by atoms with van der Waals surface area (Å²) in [7, 11) is 0. The number of hydrogen-bond donors (Lipinski definition) is 1. The molecule has 10 heteroatoms. The molecule has 0 spiro atoms. The van der Waals surface area contributed by atoms with Crippen LogP contribution in [0.1, 0.15) is 17.6 Å². The van der Waals surface area contributed by atoms with Crippen LogP contribution in [-0.4, -0.2) is 9.91 Å². The van der Waals surface area contributed by atoms with Crippen LogP contribution in [0.15, 0.2) is 6.07 Å². The normalized spacial score (nSPS) is 11.9. The van der Waals surface area contributed by atoms with Gasteiger partial charge in [0.25, 0.3) is 6.43 Å². The molecule has 1 aromatic heterocycles. The first-order valence-corrected chi connectivity index (χ1v) is 3.94. The van der Waals surface area contributed by atoms with Crippen molar-refractivity contribution in [3.8, 4) is 0 Å². The van der Waals surface area contributed by atoms with E-state index < -0.39 is 40.3 Å². The van der Waals surface area contributed by atoms with Crippen LogP contribution < -0.4 is 5.73 Å². The summed E-state index contributed by atoms with van der Waals surface area (Å²) >= 11 is 0. The number of anilines is 1. The van der Waals surface area contributed by atoms with Gasteiger partial charge in [-0.15, -0.1) is 0 Å². The summed E-state index contributed by atoms with van der Waals surface area (Å²) in [6, 6.07) is 0.264. The second kappa shape index (κ2) is 4.11. The zero-order valence-corrected chi connectivity index (χ0v) is 7.83. The minimum Gasteiger partial charge on any atom is -0.363 e. The first kappa shape index (κ1) is 13.1. The first-order valence-electron chi connectivity index (χ1n) is 3.94. The Morgan fingerprint density at radius 3 is 2.29 bits per heavy atom. The standard InChI is InChI=1S/C7H4F5N3O2/c8-5(9)2-1-3(13)14-6(15(16)17)4(2)7(10,11)12/h1,5H,(H2,13,14). The summed E-state index contributed by atoms with van der Waals surface area (Å²) in [5.41, 5.74) is 1.30. The number of pyridine rings is 1. The van der Waals surface area contributed by atoms with E-state index in [1.54, 1.807) is 0 Å². The van der Waals surface area contributed by atoms with E-state index in [0.717, 1.165) is 0 Å². The van der Waals surface area contributed by atoms with Crippen molar-refractivity contribution in [1.82, 2.24) is 4.98 Å². The maximum absolute atomic E-state index is 12.4. The van der Waals surface area contributed by atoms with Crippen LogP contribution in [0.3, 0.4) is 0 Å². The van der Waals surface area contributed by atoms with Gasteiger partial charge >= 0.3 is 12.0 Å². The molecule has 0 bridgehead atoms. The molecule has 2 N–H and O–H groups in total. The number of nitrogens with zero attached hydrogens (tertiary/aromatic N) is 2. The lowest BCUT2D eigenvalue weighted by atomic mass is 10.1. The number of alkyl halides is 5. The van der Waals surface area contributed by atoms with Crippen molar-refractivity contribution < 1.29 is 26.9 Å². The smallest absolute Gasteiger partial charge is 0.363 e. The van der Waals surface area contributed by atoms with Gasteiger partial charge in [-0.2, -0.15) is 13.2 Å².